The minimum absolute atomic E-state index is 0.0164. The van der Waals surface area contributed by atoms with Gasteiger partial charge in [0.15, 0.2) is 0 Å². The van der Waals surface area contributed by atoms with Crippen LogP contribution in [-0.2, 0) is 16.0 Å². The van der Waals surface area contributed by atoms with Crippen molar-refractivity contribution >= 4 is 17.5 Å². The van der Waals surface area contributed by atoms with Crippen LogP contribution in [0.2, 0.25) is 0 Å². The summed E-state index contributed by atoms with van der Waals surface area (Å²) in [6.07, 6.45) is 4.82. The van der Waals surface area contributed by atoms with Crippen LogP contribution in [0.1, 0.15) is 18.4 Å². The van der Waals surface area contributed by atoms with Crippen LogP contribution < -0.4 is 15.0 Å². The van der Waals surface area contributed by atoms with Crippen LogP contribution in [0.4, 0.5) is 5.69 Å². The van der Waals surface area contributed by atoms with Gasteiger partial charge in [0, 0.05) is 37.5 Å². The topological polar surface area (TPSA) is 71.5 Å². The van der Waals surface area contributed by atoms with Crippen LogP contribution >= 0.6 is 0 Å². The number of nitrogens with one attached hydrogen (secondary N) is 1. The summed E-state index contributed by atoms with van der Waals surface area (Å²) in [4.78, 5) is 30.1. The fourth-order valence-electron chi connectivity index (χ4n) is 2.92. The van der Waals surface area contributed by atoms with Crippen LogP contribution in [0.3, 0.4) is 0 Å². The molecule has 0 bridgehead atoms. The fraction of sp³-hybridized carbons (Fsp3) is 0.316. The fourth-order valence-corrected chi connectivity index (χ4v) is 2.92. The highest BCUT2D eigenvalue weighted by Crippen LogP contribution is 2.24. The Bertz CT molecular complexity index is 731. The van der Waals surface area contributed by atoms with E-state index < -0.39 is 0 Å². The van der Waals surface area contributed by atoms with Gasteiger partial charge < -0.3 is 15.0 Å². The summed E-state index contributed by atoms with van der Waals surface area (Å²) in [7, 11) is 1.60. The molecule has 6 heteroatoms. The molecule has 1 aliphatic heterocycles. The number of hydrogen-bond acceptors (Lipinski definition) is 4. The number of nitrogens with zero attached hydrogens (tertiary/aromatic N) is 2. The summed E-state index contributed by atoms with van der Waals surface area (Å²) in [5.41, 5.74) is 1.85. The third kappa shape index (κ3) is 4.35. The summed E-state index contributed by atoms with van der Waals surface area (Å²) in [5, 5.41) is 2.96. The normalized spacial score (nSPS) is 16.8. The van der Waals surface area contributed by atoms with Crippen molar-refractivity contribution in [2.75, 3.05) is 18.6 Å². The molecule has 3 rings (SSSR count). The summed E-state index contributed by atoms with van der Waals surface area (Å²) >= 11 is 0. The lowest BCUT2D eigenvalue weighted by Crippen LogP contribution is -2.37. The molecule has 2 heterocycles. The molecule has 130 valence electrons. The van der Waals surface area contributed by atoms with E-state index in [0.717, 1.165) is 17.0 Å². The predicted octanol–water partition coefficient (Wildman–Crippen LogP) is 1.94. The minimum Gasteiger partial charge on any atom is -0.497 e. The molecule has 25 heavy (non-hydrogen) atoms. The Kier molecular flexibility index (Phi) is 5.28. The first-order chi connectivity index (χ1) is 12.2. The average Bonchev–Trinajstić information content (AvgIpc) is 3.01. The standard InChI is InChI=1S/C19H21N3O3/c1-25-17-7-5-16(6-8-17)22-13-15(11-19(22)24)21-18(23)9-4-14-3-2-10-20-12-14/h2-3,5-8,10,12,15H,4,9,11,13H2,1H3,(H,21,23)/t15-/m0/s1. The van der Waals surface area contributed by atoms with Gasteiger partial charge >= 0.3 is 0 Å². The number of benzene rings is 1. The number of anilines is 1. The lowest BCUT2D eigenvalue weighted by Gasteiger charge is -2.17. The summed E-state index contributed by atoms with van der Waals surface area (Å²) in [6.45, 7) is 0.490. The van der Waals surface area contributed by atoms with Crippen molar-refractivity contribution < 1.29 is 14.3 Å². The van der Waals surface area contributed by atoms with Crippen molar-refractivity contribution in [3.05, 3.63) is 54.4 Å². The molecule has 1 atom stereocenters. The van der Waals surface area contributed by atoms with Gasteiger partial charge in [-0.05, 0) is 42.3 Å². The van der Waals surface area contributed by atoms with Gasteiger partial charge in [-0.3, -0.25) is 14.6 Å². The van der Waals surface area contributed by atoms with E-state index in [0.29, 0.717) is 25.8 Å². The Morgan fingerprint density at radius 2 is 2.12 bits per heavy atom. The highest BCUT2D eigenvalue weighted by atomic mass is 16.5. The van der Waals surface area contributed by atoms with Crippen molar-refractivity contribution in [3.63, 3.8) is 0 Å². The van der Waals surface area contributed by atoms with Crippen LogP contribution in [0.15, 0.2) is 48.8 Å². The zero-order valence-corrected chi connectivity index (χ0v) is 14.1. The zero-order valence-electron chi connectivity index (χ0n) is 14.1. The molecule has 6 nitrogen and oxygen atoms in total. The van der Waals surface area contributed by atoms with E-state index in [1.54, 1.807) is 24.4 Å². The smallest absolute Gasteiger partial charge is 0.229 e. The zero-order chi connectivity index (χ0) is 17.6. The highest BCUT2D eigenvalue weighted by molar-refractivity contribution is 5.96. The number of aromatic nitrogens is 1. The molecule has 0 spiro atoms. The molecule has 1 N–H and O–H groups in total. The van der Waals surface area contributed by atoms with Gasteiger partial charge in [0.25, 0.3) is 0 Å². The van der Waals surface area contributed by atoms with Crippen LogP contribution in [0.25, 0.3) is 0 Å². The molecule has 1 aliphatic rings. The lowest BCUT2D eigenvalue weighted by molar-refractivity contribution is -0.121. The van der Waals surface area contributed by atoms with Crippen molar-refractivity contribution in [2.45, 2.75) is 25.3 Å². The number of carbonyl (C=O) groups is 2. The molecule has 0 unspecified atom stereocenters. The van der Waals surface area contributed by atoms with E-state index in [-0.39, 0.29) is 17.9 Å². The van der Waals surface area contributed by atoms with Gasteiger partial charge in [-0.25, -0.2) is 0 Å². The van der Waals surface area contributed by atoms with Gasteiger partial charge in [-0.15, -0.1) is 0 Å². The van der Waals surface area contributed by atoms with Crippen LogP contribution in [0.5, 0.6) is 5.75 Å². The third-order valence-corrected chi connectivity index (χ3v) is 4.24. The number of carbonyl (C=O) groups excluding carboxylic acids is 2. The summed E-state index contributed by atoms with van der Waals surface area (Å²) in [6, 6.07) is 11.0. The van der Waals surface area contributed by atoms with Gasteiger partial charge in [-0.1, -0.05) is 6.07 Å². The number of methoxy groups -OCH3 is 1. The molecule has 1 saturated heterocycles. The van der Waals surface area contributed by atoms with Gasteiger partial charge in [0.2, 0.25) is 11.8 Å². The lowest BCUT2D eigenvalue weighted by atomic mass is 10.1. The van der Waals surface area contributed by atoms with Gasteiger partial charge in [0.05, 0.1) is 13.2 Å². The number of pyridine rings is 1. The molecule has 1 aromatic carbocycles. The van der Waals surface area contributed by atoms with E-state index in [1.165, 1.54) is 0 Å². The van der Waals surface area contributed by atoms with Crippen molar-refractivity contribution in [2.24, 2.45) is 0 Å². The first-order valence-electron chi connectivity index (χ1n) is 8.28. The molecule has 2 amide bonds. The molecular weight excluding hydrogens is 318 g/mol. The molecule has 2 aromatic rings. The molecule has 1 aromatic heterocycles. The van der Waals surface area contributed by atoms with Crippen molar-refractivity contribution in [3.8, 4) is 5.75 Å². The monoisotopic (exact) mass is 339 g/mol. The average molecular weight is 339 g/mol. The number of aryl methyl sites for hydroxylation is 1. The quantitative estimate of drug-likeness (QED) is 0.873. The van der Waals surface area contributed by atoms with Gasteiger partial charge in [0.1, 0.15) is 5.75 Å². The molecule has 1 fully saturated rings. The minimum atomic E-state index is -0.156. The highest BCUT2D eigenvalue weighted by Gasteiger charge is 2.31. The Labute approximate surface area is 146 Å². The summed E-state index contributed by atoms with van der Waals surface area (Å²) in [5.74, 6) is 0.719. The van der Waals surface area contributed by atoms with E-state index in [1.807, 2.05) is 36.4 Å². The maximum atomic E-state index is 12.2. The molecular formula is C19H21N3O3. The van der Waals surface area contributed by atoms with E-state index in [4.69, 9.17) is 4.74 Å². The second-order valence-electron chi connectivity index (χ2n) is 6.03. The number of hydrogen-bond donors (Lipinski definition) is 1. The Balaban J connectivity index is 1.52. The summed E-state index contributed by atoms with van der Waals surface area (Å²) < 4.78 is 5.13. The largest absolute Gasteiger partial charge is 0.497 e. The van der Waals surface area contributed by atoms with Crippen LogP contribution in [0, 0.1) is 0 Å². The maximum absolute atomic E-state index is 12.2. The third-order valence-electron chi connectivity index (χ3n) is 4.24. The molecule has 0 radical (unpaired) electrons. The number of rotatable bonds is 6. The second kappa shape index (κ2) is 7.79. The van der Waals surface area contributed by atoms with Crippen LogP contribution in [-0.4, -0.2) is 36.5 Å². The second-order valence-corrected chi connectivity index (χ2v) is 6.03. The van der Waals surface area contributed by atoms with E-state index in [2.05, 4.69) is 10.3 Å². The number of amides is 2. The van der Waals surface area contributed by atoms with Gasteiger partial charge in [-0.2, -0.15) is 0 Å². The first-order valence-corrected chi connectivity index (χ1v) is 8.28. The Morgan fingerprint density at radius 1 is 1.32 bits per heavy atom. The Hall–Kier alpha value is -2.89. The number of ether oxygens (including phenoxy) is 1. The first kappa shape index (κ1) is 17.0. The van der Waals surface area contributed by atoms with Crippen molar-refractivity contribution in [1.82, 2.24) is 10.3 Å². The Morgan fingerprint density at radius 3 is 2.80 bits per heavy atom. The molecule has 0 aliphatic carbocycles. The predicted molar refractivity (Wildman–Crippen MR) is 94.5 cm³/mol. The molecule has 0 saturated carbocycles. The van der Waals surface area contributed by atoms with E-state index in [9.17, 15) is 9.59 Å². The van der Waals surface area contributed by atoms with Crippen molar-refractivity contribution in [1.29, 1.82) is 0 Å². The van der Waals surface area contributed by atoms with E-state index >= 15 is 0 Å². The SMILES string of the molecule is COc1ccc(N2C[C@@H](NC(=O)CCc3cccnc3)CC2=O)cc1. The maximum Gasteiger partial charge on any atom is 0.229 e.